The second kappa shape index (κ2) is 8.97. The molecule has 3 rings (SSSR count). The smallest absolute Gasteiger partial charge is 0.234 e. The molecule has 0 saturated heterocycles. The Balaban J connectivity index is 1.72. The number of hydrogen-bond donors (Lipinski definition) is 1. The Bertz CT molecular complexity index is 935. The van der Waals surface area contributed by atoms with Crippen molar-refractivity contribution in [1.29, 1.82) is 0 Å². The average Bonchev–Trinajstić information content (AvgIpc) is 3.29. The summed E-state index contributed by atoms with van der Waals surface area (Å²) in [5.74, 6) is 2.44. The van der Waals surface area contributed by atoms with Crippen molar-refractivity contribution in [2.24, 2.45) is 5.92 Å². The molecule has 3 aromatic rings. The van der Waals surface area contributed by atoms with Crippen molar-refractivity contribution in [3.63, 3.8) is 0 Å². The SMILES string of the molecule is COc1ccc(C)cc1NC(=O)CSc1nnc(-c2ccco2)n1CC(C)C. The molecule has 0 aliphatic heterocycles. The molecule has 2 aromatic heterocycles. The van der Waals surface area contributed by atoms with Crippen molar-refractivity contribution in [1.82, 2.24) is 14.8 Å². The summed E-state index contributed by atoms with van der Waals surface area (Å²) < 4.78 is 12.8. The Morgan fingerprint density at radius 2 is 2.14 bits per heavy atom. The minimum Gasteiger partial charge on any atom is -0.495 e. The van der Waals surface area contributed by atoms with Gasteiger partial charge in [0.2, 0.25) is 5.91 Å². The molecule has 28 heavy (non-hydrogen) atoms. The van der Waals surface area contributed by atoms with E-state index in [0.717, 1.165) is 12.1 Å². The Morgan fingerprint density at radius 3 is 2.82 bits per heavy atom. The van der Waals surface area contributed by atoms with E-state index in [-0.39, 0.29) is 11.7 Å². The lowest BCUT2D eigenvalue weighted by atomic mass is 10.2. The average molecular weight is 401 g/mol. The second-order valence-corrected chi connectivity index (χ2v) is 7.77. The molecule has 1 N–H and O–H groups in total. The van der Waals surface area contributed by atoms with E-state index in [0.29, 0.717) is 34.1 Å². The minimum atomic E-state index is -0.132. The molecule has 0 saturated carbocycles. The van der Waals surface area contributed by atoms with Gasteiger partial charge in [-0.25, -0.2) is 0 Å². The van der Waals surface area contributed by atoms with Crippen molar-refractivity contribution in [2.75, 3.05) is 18.2 Å². The van der Waals surface area contributed by atoms with Crippen molar-refractivity contribution in [2.45, 2.75) is 32.5 Å². The lowest BCUT2D eigenvalue weighted by Gasteiger charge is -2.12. The highest BCUT2D eigenvalue weighted by Crippen LogP contribution is 2.27. The van der Waals surface area contributed by atoms with Crippen LogP contribution in [0.15, 0.2) is 46.2 Å². The van der Waals surface area contributed by atoms with E-state index < -0.39 is 0 Å². The number of aromatic nitrogens is 3. The van der Waals surface area contributed by atoms with Crippen LogP contribution in [0.2, 0.25) is 0 Å². The van der Waals surface area contributed by atoms with Crippen LogP contribution in [0.25, 0.3) is 11.6 Å². The summed E-state index contributed by atoms with van der Waals surface area (Å²) >= 11 is 1.35. The summed E-state index contributed by atoms with van der Waals surface area (Å²) in [6.07, 6.45) is 1.61. The molecule has 0 radical (unpaired) electrons. The number of thioether (sulfide) groups is 1. The quantitative estimate of drug-likeness (QED) is 0.570. The highest BCUT2D eigenvalue weighted by Gasteiger charge is 2.18. The van der Waals surface area contributed by atoms with E-state index in [4.69, 9.17) is 9.15 Å². The summed E-state index contributed by atoms with van der Waals surface area (Å²) in [4.78, 5) is 12.5. The minimum absolute atomic E-state index is 0.132. The zero-order valence-corrected chi connectivity index (χ0v) is 17.2. The first-order valence-corrected chi connectivity index (χ1v) is 10.0. The Labute approximate surface area is 168 Å². The van der Waals surface area contributed by atoms with Crippen LogP contribution in [0, 0.1) is 12.8 Å². The molecule has 1 amide bonds. The molecule has 0 fully saturated rings. The van der Waals surface area contributed by atoms with Gasteiger partial charge in [-0.15, -0.1) is 10.2 Å². The number of amides is 1. The van der Waals surface area contributed by atoms with Gasteiger partial charge in [0.05, 0.1) is 24.8 Å². The number of furan rings is 1. The van der Waals surface area contributed by atoms with E-state index in [9.17, 15) is 4.79 Å². The maximum atomic E-state index is 12.5. The number of benzene rings is 1. The number of rotatable bonds is 8. The fourth-order valence-electron chi connectivity index (χ4n) is 2.75. The molecule has 8 heteroatoms. The Morgan fingerprint density at radius 1 is 1.32 bits per heavy atom. The number of anilines is 1. The van der Waals surface area contributed by atoms with Gasteiger partial charge in [0, 0.05) is 6.54 Å². The third kappa shape index (κ3) is 4.75. The number of ether oxygens (including phenoxy) is 1. The zero-order chi connectivity index (χ0) is 20.1. The van der Waals surface area contributed by atoms with E-state index >= 15 is 0 Å². The van der Waals surface area contributed by atoms with Crippen molar-refractivity contribution >= 4 is 23.4 Å². The Kier molecular flexibility index (Phi) is 6.41. The van der Waals surface area contributed by atoms with Gasteiger partial charge in [0.25, 0.3) is 0 Å². The van der Waals surface area contributed by atoms with Crippen LogP contribution in [-0.2, 0) is 11.3 Å². The number of carbonyl (C=O) groups is 1. The highest BCUT2D eigenvalue weighted by atomic mass is 32.2. The predicted octanol–water partition coefficient (Wildman–Crippen LogP) is 4.24. The largest absolute Gasteiger partial charge is 0.495 e. The third-order valence-electron chi connectivity index (χ3n) is 3.97. The van der Waals surface area contributed by atoms with Gasteiger partial charge in [0.1, 0.15) is 5.75 Å². The molecule has 0 aliphatic carbocycles. The molecule has 0 aliphatic rings. The molecule has 2 heterocycles. The van der Waals surface area contributed by atoms with Gasteiger partial charge < -0.3 is 14.5 Å². The number of nitrogens with one attached hydrogen (secondary N) is 1. The standard InChI is InChI=1S/C20H24N4O3S/c1-13(2)11-24-19(17-6-5-9-27-17)22-23-20(24)28-12-18(25)21-15-10-14(3)7-8-16(15)26-4/h5-10,13H,11-12H2,1-4H3,(H,21,25). The van der Waals surface area contributed by atoms with Crippen LogP contribution >= 0.6 is 11.8 Å². The molecule has 7 nitrogen and oxygen atoms in total. The maximum Gasteiger partial charge on any atom is 0.234 e. The van der Waals surface area contributed by atoms with E-state index in [2.05, 4.69) is 29.4 Å². The van der Waals surface area contributed by atoms with Crippen LogP contribution in [0.4, 0.5) is 5.69 Å². The molecule has 148 valence electrons. The number of methoxy groups -OCH3 is 1. The lowest BCUT2D eigenvalue weighted by molar-refractivity contribution is -0.113. The molecule has 0 spiro atoms. The first kappa shape index (κ1) is 20.0. The molecule has 1 aromatic carbocycles. The molecule has 0 atom stereocenters. The fraction of sp³-hybridized carbons (Fsp3) is 0.350. The topological polar surface area (TPSA) is 82.2 Å². The van der Waals surface area contributed by atoms with Crippen molar-refractivity contribution in [3.05, 3.63) is 42.2 Å². The van der Waals surface area contributed by atoms with Gasteiger partial charge in [-0.2, -0.15) is 0 Å². The summed E-state index contributed by atoms with van der Waals surface area (Å²) in [5.41, 5.74) is 1.71. The molecule has 0 bridgehead atoms. The first-order chi connectivity index (χ1) is 13.5. The van der Waals surface area contributed by atoms with Gasteiger partial charge in [-0.3, -0.25) is 9.36 Å². The van der Waals surface area contributed by atoms with Crippen LogP contribution in [-0.4, -0.2) is 33.5 Å². The van der Waals surface area contributed by atoms with Crippen molar-refractivity contribution in [3.8, 4) is 17.3 Å². The summed E-state index contributed by atoms with van der Waals surface area (Å²) in [6.45, 7) is 6.95. The molecule has 0 unspecified atom stereocenters. The van der Waals surface area contributed by atoms with Crippen LogP contribution in [0.3, 0.4) is 0 Å². The van der Waals surface area contributed by atoms with Crippen molar-refractivity contribution < 1.29 is 13.9 Å². The van der Waals surface area contributed by atoms with Crippen LogP contribution in [0.1, 0.15) is 19.4 Å². The van der Waals surface area contributed by atoms with E-state index in [1.165, 1.54) is 11.8 Å². The predicted molar refractivity (Wildman–Crippen MR) is 110 cm³/mol. The fourth-order valence-corrected chi connectivity index (χ4v) is 3.50. The van der Waals surface area contributed by atoms with Gasteiger partial charge in [-0.05, 0) is 42.7 Å². The Hall–Kier alpha value is -2.74. The number of hydrogen-bond acceptors (Lipinski definition) is 6. The summed E-state index contributed by atoms with van der Waals surface area (Å²) in [7, 11) is 1.58. The molecular weight excluding hydrogens is 376 g/mol. The van der Waals surface area contributed by atoms with Gasteiger partial charge in [-0.1, -0.05) is 31.7 Å². The normalized spacial score (nSPS) is 11.0. The van der Waals surface area contributed by atoms with Gasteiger partial charge in [0.15, 0.2) is 16.7 Å². The van der Waals surface area contributed by atoms with E-state index in [1.54, 1.807) is 13.4 Å². The van der Waals surface area contributed by atoms with Crippen LogP contribution < -0.4 is 10.1 Å². The first-order valence-electron chi connectivity index (χ1n) is 9.02. The zero-order valence-electron chi connectivity index (χ0n) is 16.4. The second-order valence-electron chi connectivity index (χ2n) is 6.83. The monoisotopic (exact) mass is 400 g/mol. The highest BCUT2D eigenvalue weighted by molar-refractivity contribution is 7.99. The molecular formula is C20H24N4O3S. The van der Waals surface area contributed by atoms with Crippen LogP contribution in [0.5, 0.6) is 5.75 Å². The lowest BCUT2D eigenvalue weighted by Crippen LogP contribution is -2.16. The number of carbonyl (C=O) groups excluding carboxylic acids is 1. The van der Waals surface area contributed by atoms with E-state index in [1.807, 2.05) is 41.8 Å². The third-order valence-corrected chi connectivity index (χ3v) is 4.93. The summed E-state index contributed by atoms with van der Waals surface area (Å²) in [6, 6.07) is 9.34. The van der Waals surface area contributed by atoms with Gasteiger partial charge >= 0.3 is 0 Å². The maximum absolute atomic E-state index is 12.5. The number of nitrogens with zero attached hydrogens (tertiary/aromatic N) is 3. The number of aryl methyl sites for hydroxylation is 1. The summed E-state index contributed by atoms with van der Waals surface area (Å²) in [5, 5.41) is 12.1.